The van der Waals surface area contributed by atoms with Crippen molar-refractivity contribution in [3.63, 3.8) is 0 Å². The van der Waals surface area contributed by atoms with Gasteiger partial charge in [-0.15, -0.1) is 0 Å². The number of carbonyl (C=O) groups is 2. The molecule has 2 aromatic carbocycles. The summed E-state index contributed by atoms with van der Waals surface area (Å²) in [6.07, 6.45) is 1.93. The van der Waals surface area contributed by atoms with Crippen LogP contribution in [0.1, 0.15) is 53.7 Å². The summed E-state index contributed by atoms with van der Waals surface area (Å²) in [7, 11) is 0. The smallest absolute Gasteiger partial charge is 0.387 e. The summed E-state index contributed by atoms with van der Waals surface area (Å²) in [6.45, 7) is -1.26. The van der Waals surface area contributed by atoms with Gasteiger partial charge in [0.1, 0.15) is 17.7 Å². The van der Waals surface area contributed by atoms with Crippen molar-refractivity contribution >= 4 is 11.8 Å². The topological polar surface area (TPSA) is 143 Å². The molecule has 38 heavy (non-hydrogen) atoms. The van der Waals surface area contributed by atoms with Gasteiger partial charge in [0.25, 0.3) is 5.91 Å². The molecule has 3 aromatic rings. The third kappa shape index (κ3) is 6.22. The predicted octanol–water partition coefficient (Wildman–Crippen LogP) is 3.99. The first-order chi connectivity index (χ1) is 18.0. The van der Waals surface area contributed by atoms with E-state index in [2.05, 4.69) is 15.0 Å². The molecule has 1 fully saturated rings. The maximum atomic E-state index is 14.3. The molecule has 1 aromatic heterocycles. The van der Waals surface area contributed by atoms with Crippen LogP contribution >= 0.6 is 0 Å². The maximum Gasteiger partial charge on any atom is 0.387 e. The predicted molar refractivity (Wildman–Crippen MR) is 125 cm³/mol. The number of carbonyl (C=O) groups excluding carboxylic acids is 2. The van der Waals surface area contributed by atoms with E-state index in [1.165, 1.54) is 25.1 Å². The number of benzene rings is 2. The van der Waals surface area contributed by atoms with Gasteiger partial charge in [-0.25, -0.2) is 13.8 Å². The van der Waals surface area contributed by atoms with Gasteiger partial charge in [-0.05, 0) is 49.9 Å². The van der Waals surface area contributed by atoms with Crippen LogP contribution in [-0.4, -0.2) is 30.0 Å². The molecule has 9 nitrogen and oxygen atoms in total. The zero-order valence-corrected chi connectivity index (χ0v) is 20.0. The number of rotatable bonds is 11. The lowest BCUT2D eigenvalue weighted by Crippen LogP contribution is -2.38. The number of nitrogens with two attached hydrogens (primary N) is 2. The summed E-state index contributed by atoms with van der Waals surface area (Å²) in [4.78, 5) is 29.3. The normalized spacial score (nSPS) is 14.7. The number of hydrogen-bond acceptors (Lipinski definition) is 7. The maximum absolute atomic E-state index is 14.3. The molecule has 2 atom stereocenters. The number of ether oxygens (including phenoxy) is 2. The van der Waals surface area contributed by atoms with E-state index >= 15 is 0 Å². The van der Waals surface area contributed by atoms with E-state index in [-0.39, 0.29) is 40.0 Å². The minimum atomic E-state index is -3.07. The summed E-state index contributed by atoms with van der Waals surface area (Å²) >= 11 is 0. The van der Waals surface area contributed by atoms with Gasteiger partial charge < -0.3 is 30.7 Å². The quantitative estimate of drug-likeness (QED) is 0.315. The first kappa shape index (κ1) is 26.9. The van der Waals surface area contributed by atoms with Crippen molar-refractivity contribution in [3.05, 3.63) is 65.1 Å². The van der Waals surface area contributed by atoms with E-state index in [9.17, 15) is 27.2 Å². The highest BCUT2D eigenvalue weighted by molar-refractivity contribution is 5.97. The number of amides is 2. The second kappa shape index (κ2) is 11.1. The van der Waals surface area contributed by atoms with Crippen LogP contribution in [0.2, 0.25) is 0 Å². The van der Waals surface area contributed by atoms with E-state index in [1.54, 1.807) is 0 Å². The van der Waals surface area contributed by atoms with Gasteiger partial charge in [-0.2, -0.15) is 8.78 Å². The Morgan fingerprint density at radius 2 is 1.89 bits per heavy atom. The van der Waals surface area contributed by atoms with Gasteiger partial charge in [-0.1, -0.05) is 6.07 Å². The molecular formula is C25H24F4N4O5. The van der Waals surface area contributed by atoms with Gasteiger partial charge in [0.2, 0.25) is 11.8 Å². The molecule has 0 spiro atoms. The molecule has 0 aliphatic heterocycles. The Morgan fingerprint density at radius 3 is 2.50 bits per heavy atom. The standard InChI is InChI=1S/C25H24F4N4O5/c1-11(30)21-20(23(35)32-19(22(31)34)15-6-5-14(26)9-16(15)27)33-24(38-21)13-4-7-17(37-25(28)29)18(8-13)36-10-12-2-3-12/h4-9,11-12,19,25H,2-3,10,30H2,1H3,(H2,31,34)(H,32,35)/t11-,19-/m0/s1. The minimum absolute atomic E-state index is 0.0295. The van der Waals surface area contributed by atoms with Crippen LogP contribution < -0.4 is 26.3 Å². The number of hydrogen-bond donors (Lipinski definition) is 3. The molecule has 5 N–H and O–H groups in total. The highest BCUT2D eigenvalue weighted by Crippen LogP contribution is 2.37. The molecular weight excluding hydrogens is 512 g/mol. The van der Waals surface area contributed by atoms with E-state index in [0.29, 0.717) is 18.6 Å². The van der Waals surface area contributed by atoms with Gasteiger partial charge >= 0.3 is 6.61 Å². The van der Waals surface area contributed by atoms with Crippen LogP contribution in [0.25, 0.3) is 11.5 Å². The third-order valence-electron chi connectivity index (χ3n) is 5.69. The molecule has 0 bridgehead atoms. The van der Waals surface area contributed by atoms with Crippen LogP contribution in [0, 0.1) is 17.6 Å². The Hall–Kier alpha value is -4.13. The lowest BCUT2D eigenvalue weighted by atomic mass is 10.0. The number of nitrogens with zero attached hydrogens (tertiary/aromatic N) is 1. The molecule has 1 heterocycles. The average Bonchev–Trinajstić information content (AvgIpc) is 3.56. The summed E-state index contributed by atoms with van der Waals surface area (Å²) < 4.78 is 69.2. The first-order valence-corrected chi connectivity index (χ1v) is 11.6. The Kier molecular flexibility index (Phi) is 7.86. The van der Waals surface area contributed by atoms with Crippen molar-refractivity contribution in [3.8, 4) is 23.0 Å². The van der Waals surface area contributed by atoms with Crippen LogP contribution in [0.3, 0.4) is 0 Å². The fourth-order valence-corrected chi connectivity index (χ4v) is 3.60. The second-order valence-electron chi connectivity index (χ2n) is 8.79. The van der Waals surface area contributed by atoms with Crippen molar-refractivity contribution in [2.24, 2.45) is 17.4 Å². The fraction of sp³-hybridized carbons (Fsp3) is 0.320. The number of nitrogens with one attached hydrogen (secondary N) is 1. The van der Waals surface area contributed by atoms with Crippen LogP contribution in [0.4, 0.5) is 17.6 Å². The van der Waals surface area contributed by atoms with Crippen molar-refractivity contribution in [2.75, 3.05) is 6.61 Å². The van der Waals surface area contributed by atoms with Crippen LogP contribution in [0.15, 0.2) is 40.8 Å². The van der Waals surface area contributed by atoms with Crippen molar-refractivity contribution in [1.29, 1.82) is 0 Å². The Balaban J connectivity index is 1.65. The third-order valence-corrected chi connectivity index (χ3v) is 5.69. The largest absolute Gasteiger partial charge is 0.489 e. The molecule has 0 radical (unpaired) electrons. The van der Waals surface area contributed by atoms with Crippen molar-refractivity contribution in [2.45, 2.75) is 38.5 Å². The van der Waals surface area contributed by atoms with E-state index in [4.69, 9.17) is 20.6 Å². The zero-order chi connectivity index (χ0) is 27.6. The summed E-state index contributed by atoms with van der Waals surface area (Å²) in [6, 6.07) is 3.93. The molecule has 1 aliphatic carbocycles. The SMILES string of the molecule is C[C@H](N)c1oc(-c2ccc(OC(F)F)c(OCC3CC3)c2)nc1C(=O)N[C@H](C(N)=O)c1ccc(F)cc1F. The molecule has 0 saturated heterocycles. The van der Waals surface area contributed by atoms with E-state index in [0.717, 1.165) is 25.0 Å². The number of aromatic nitrogens is 1. The zero-order valence-electron chi connectivity index (χ0n) is 20.0. The van der Waals surface area contributed by atoms with Crippen LogP contribution in [-0.2, 0) is 4.79 Å². The van der Waals surface area contributed by atoms with Crippen LogP contribution in [0.5, 0.6) is 11.5 Å². The molecule has 1 aliphatic rings. The van der Waals surface area contributed by atoms with Gasteiger partial charge in [-0.3, -0.25) is 9.59 Å². The second-order valence-corrected chi connectivity index (χ2v) is 8.79. The molecule has 0 unspecified atom stereocenters. The summed E-state index contributed by atoms with van der Waals surface area (Å²) in [5, 5.41) is 2.27. The van der Waals surface area contributed by atoms with Gasteiger partial charge in [0.05, 0.1) is 12.6 Å². The number of halogens is 4. The number of alkyl halides is 2. The Bertz CT molecular complexity index is 1340. The Morgan fingerprint density at radius 1 is 1.16 bits per heavy atom. The first-order valence-electron chi connectivity index (χ1n) is 11.6. The fourth-order valence-electron chi connectivity index (χ4n) is 3.60. The lowest BCUT2D eigenvalue weighted by molar-refractivity contribution is -0.120. The number of oxazole rings is 1. The lowest BCUT2D eigenvalue weighted by Gasteiger charge is -2.16. The number of primary amides is 1. The highest BCUT2D eigenvalue weighted by Gasteiger charge is 2.30. The Labute approximate surface area is 214 Å². The van der Waals surface area contributed by atoms with Crippen molar-refractivity contribution in [1.82, 2.24) is 10.3 Å². The van der Waals surface area contributed by atoms with Crippen molar-refractivity contribution < 1.29 is 41.0 Å². The molecule has 2 amide bonds. The molecule has 202 valence electrons. The molecule has 13 heteroatoms. The highest BCUT2D eigenvalue weighted by atomic mass is 19.3. The molecule has 4 rings (SSSR count). The summed E-state index contributed by atoms with van der Waals surface area (Å²) in [5.41, 5.74) is 10.9. The van der Waals surface area contributed by atoms with E-state index < -0.39 is 42.1 Å². The summed E-state index contributed by atoms with van der Waals surface area (Å²) in [5.74, 6) is -4.07. The minimum Gasteiger partial charge on any atom is -0.489 e. The van der Waals surface area contributed by atoms with E-state index in [1.807, 2.05) is 0 Å². The van der Waals surface area contributed by atoms with Gasteiger partial charge in [0.15, 0.2) is 23.0 Å². The molecule has 1 saturated carbocycles. The van der Waals surface area contributed by atoms with Gasteiger partial charge in [0, 0.05) is 17.2 Å². The average molecular weight is 536 g/mol. The monoisotopic (exact) mass is 536 g/mol.